The summed E-state index contributed by atoms with van der Waals surface area (Å²) in [6.45, 7) is 5.32. The summed E-state index contributed by atoms with van der Waals surface area (Å²) in [4.78, 5) is 0. The van der Waals surface area contributed by atoms with E-state index in [1.165, 1.54) is 0 Å². The van der Waals surface area contributed by atoms with Gasteiger partial charge in [0.2, 0.25) is 0 Å². The summed E-state index contributed by atoms with van der Waals surface area (Å²) in [5, 5.41) is 0. The van der Waals surface area contributed by atoms with Gasteiger partial charge in [-0.2, -0.15) is 0 Å². The first-order valence-corrected chi connectivity index (χ1v) is 2.37. The molecule has 0 fully saturated rings. The molecule has 0 aliphatic heterocycles. The lowest BCUT2D eigenvalue weighted by Crippen LogP contribution is -1.76. The van der Waals surface area contributed by atoms with Crippen LogP contribution in [0.1, 0.15) is 12.8 Å². The van der Waals surface area contributed by atoms with Crippen molar-refractivity contribution in [2.24, 2.45) is 0 Å². The van der Waals surface area contributed by atoms with E-state index in [9.17, 15) is 0 Å². The number of methoxy groups -OCH3 is 1. The largest absolute Gasteiger partial charge is 0.379 e. The van der Waals surface area contributed by atoms with Crippen molar-refractivity contribution in [1.82, 2.24) is 0 Å². The van der Waals surface area contributed by atoms with Crippen LogP contribution in [0.3, 0.4) is 0 Å². The third-order valence-corrected chi connectivity index (χ3v) is 0.655. The zero-order valence-corrected chi connectivity index (χ0v) is 4.68. The normalized spacial score (nSPS) is 8.71. The maximum atomic E-state index is 4.67. The smallest absolute Gasteiger partial charge is 0.0835 e. The predicted octanol–water partition coefficient (Wildman–Crippen LogP) is 1.76. The van der Waals surface area contributed by atoms with Gasteiger partial charge in [0.25, 0.3) is 0 Å². The highest BCUT2D eigenvalue weighted by molar-refractivity contribution is 4.67. The van der Waals surface area contributed by atoms with Gasteiger partial charge in [0.1, 0.15) is 0 Å². The molecule has 0 bridgehead atoms. The molecule has 0 aliphatic rings. The molecule has 0 atom stereocenters. The lowest BCUT2D eigenvalue weighted by atomic mass is 10.3. The fourth-order valence-electron chi connectivity index (χ4n) is 0.304. The topological polar surface area (TPSA) is 9.23 Å². The Morgan fingerprint density at radius 1 is 1.57 bits per heavy atom. The molecule has 0 N–H and O–H groups in total. The third kappa shape index (κ3) is 5.70. The van der Waals surface area contributed by atoms with Crippen molar-refractivity contribution in [2.75, 3.05) is 7.11 Å². The molecule has 41 valence electrons. The predicted molar refractivity (Wildman–Crippen MR) is 30.7 cm³/mol. The summed E-state index contributed by atoms with van der Waals surface area (Å²) in [5.41, 5.74) is 0. The molecule has 1 radical (unpaired) electrons. The van der Waals surface area contributed by atoms with E-state index in [-0.39, 0.29) is 0 Å². The Morgan fingerprint density at radius 2 is 2.29 bits per heavy atom. The molecule has 0 saturated carbocycles. The maximum Gasteiger partial charge on any atom is 0.0835 e. The van der Waals surface area contributed by atoms with Gasteiger partial charge in [-0.3, -0.25) is 0 Å². The highest BCUT2D eigenvalue weighted by atomic mass is 16.5. The molecular weight excluding hydrogens is 88.1 g/mol. The Labute approximate surface area is 45.0 Å². The van der Waals surface area contributed by atoms with Gasteiger partial charge >= 0.3 is 0 Å². The van der Waals surface area contributed by atoms with Gasteiger partial charge in [-0.1, -0.05) is 6.08 Å². The van der Waals surface area contributed by atoms with Crippen molar-refractivity contribution in [3.05, 3.63) is 19.3 Å². The van der Waals surface area contributed by atoms with Crippen LogP contribution in [0.15, 0.2) is 12.7 Å². The monoisotopic (exact) mass is 99.1 g/mol. The molecular formula is C6H11O. The number of allylic oxidation sites excluding steroid dienone is 1. The Bertz CT molecular complexity index is 41.4. The fourth-order valence-corrected chi connectivity index (χ4v) is 0.304. The van der Waals surface area contributed by atoms with Crippen LogP contribution >= 0.6 is 0 Å². The molecule has 0 aliphatic carbocycles. The Morgan fingerprint density at radius 3 is 2.71 bits per heavy atom. The number of rotatable bonds is 4. The maximum absolute atomic E-state index is 4.67. The summed E-state index contributed by atoms with van der Waals surface area (Å²) >= 11 is 0. The molecule has 0 unspecified atom stereocenters. The van der Waals surface area contributed by atoms with Crippen LogP contribution < -0.4 is 0 Å². The first-order chi connectivity index (χ1) is 3.41. The van der Waals surface area contributed by atoms with E-state index < -0.39 is 0 Å². The summed E-state index contributed by atoms with van der Waals surface area (Å²) in [7, 11) is 1.66. The van der Waals surface area contributed by atoms with Crippen LogP contribution in [0.5, 0.6) is 0 Å². The molecule has 0 aromatic heterocycles. The van der Waals surface area contributed by atoms with Crippen molar-refractivity contribution in [3.8, 4) is 0 Å². The van der Waals surface area contributed by atoms with Crippen molar-refractivity contribution >= 4 is 0 Å². The van der Waals surface area contributed by atoms with Gasteiger partial charge in [0.15, 0.2) is 0 Å². The highest BCUT2D eigenvalue weighted by Gasteiger charge is 1.78. The summed E-state index contributed by atoms with van der Waals surface area (Å²) in [6, 6.07) is 0. The zero-order valence-electron chi connectivity index (χ0n) is 4.68. The van der Waals surface area contributed by atoms with Crippen LogP contribution in [-0.2, 0) is 4.74 Å². The number of ether oxygens (including phenoxy) is 1. The van der Waals surface area contributed by atoms with E-state index in [0.29, 0.717) is 0 Å². The van der Waals surface area contributed by atoms with Gasteiger partial charge < -0.3 is 4.74 Å². The van der Waals surface area contributed by atoms with Crippen LogP contribution in [0.2, 0.25) is 0 Å². The Balaban J connectivity index is 2.56. The fraction of sp³-hybridized carbons (Fsp3) is 0.500. The van der Waals surface area contributed by atoms with Gasteiger partial charge in [-0.15, -0.1) is 6.58 Å². The summed E-state index contributed by atoms with van der Waals surface area (Å²) < 4.78 is 4.67. The molecule has 0 aromatic rings. The highest BCUT2D eigenvalue weighted by Crippen LogP contribution is 1.92. The standard InChI is InChI=1S/C6H11O/c1-3-4-5-6-7-2/h3,6H,1,4-5H2,2H3. The van der Waals surface area contributed by atoms with Crippen molar-refractivity contribution in [2.45, 2.75) is 12.8 Å². The summed E-state index contributed by atoms with van der Waals surface area (Å²) in [5.74, 6) is 0. The minimum Gasteiger partial charge on any atom is -0.379 e. The molecule has 0 rings (SSSR count). The molecule has 0 heterocycles. The minimum absolute atomic E-state index is 0.972. The SMILES string of the molecule is C=CCC[CH]OC. The first kappa shape index (κ1) is 6.70. The molecule has 0 spiro atoms. The van der Waals surface area contributed by atoms with Gasteiger partial charge in [-0.25, -0.2) is 0 Å². The zero-order chi connectivity index (χ0) is 5.54. The van der Waals surface area contributed by atoms with E-state index in [1.807, 2.05) is 6.08 Å². The second kappa shape index (κ2) is 5.70. The van der Waals surface area contributed by atoms with E-state index in [2.05, 4.69) is 11.3 Å². The van der Waals surface area contributed by atoms with Crippen molar-refractivity contribution in [3.63, 3.8) is 0 Å². The minimum atomic E-state index is 0.972. The molecule has 1 nitrogen and oxygen atoms in total. The lowest BCUT2D eigenvalue weighted by molar-refractivity contribution is 0.266. The first-order valence-electron chi connectivity index (χ1n) is 2.37. The van der Waals surface area contributed by atoms with Crippen LogP contribution in [0, 0.1) is 6.61 Å². The van der Waals surface area contributed by atoms with Crippen LogP contribution in [0.25, 0.3) is 0 Å². The van der Waals surface area contributed by atoms with Gasteiger partial charge in [0, 0.05) is 7.11 Å². The van der Waals surface area contributed by atoms with E-state index >= 15 is 0 Å². The summed E-state index contributed by atoms with van der Waals surface area (Å²) in [6.07, 6.45) is 3.85. The Kier molecular flexibility index (Phi) is 5.46. The average molecular weight is 99.2 g/mol. The number of hydrogen-bond donors (Lipinski definition) is 0. The van der Waals surface area contributed by atoms with Gasteiger partial charge in [0.05, 0.1) is 6.61 Å². The average Bonchev–Trinajstić information content (AvgIpc) is 1.69. The quantitative estimate of drug-likeness (QED) is 0.385. The molecule has 0 saturated heterocycles. The second-order valence-corrected chi connectivity index (χ2v) is 1.27. The molecule has 1 heteroatoms. The van der Waals surface area contributed by atoms with Crippen molar-refractivity contribution in [1.29, 1.82) is 0 Å². The van der Waals surface area contributed by atoms with E-state index in [0.717, 1.165) is 12.8 Å². The van der Waals surface area contributed by atoms with Crippen molar-refractivity contribution < 1.29 is 4.74 Å². The van der Waals surface area contributed by atoms with E-state index in [4.69, 9.17) is 0 Å². The Hall–Kier alpha value is -0.300. The number of hydrogen-bond acceptors (Lipinski definition) is 1. The molecule has 0 aromatic carbocycles. The number of unbranched alkanes of at least 4 members (excludes halogenated alkanes) is 1. The van der Waals surface area contributed by atoms with Gasteiger partial charge in [-0.05, 0) is 12.8 Å². The lowest BCUT2D eigenvalue weighted by Gasteiger charge is -1.89. The van der Waals surface area contributed by atoms with Crippen LogP contribution in [0.4, 0.5) is 0 Å². The third-order valence-electron chi connectivity index (χ3n) is 0.655. The van der Waals surface area contributed by atoms with E-state index in [1.54, 1.807) is 13.7 Å². The molecule has 7 heavy (non-hydrogen) atoms. The second-order valence-electron chi connectivity index (χ2n) is 1.27. The van der Waals surface area contributed by atoms with Crippen LogP contribution in [-0.4, -0.2) is 7.11 Å². The molecule has 0 amide bonds.